The van der Waals surface area contributed by atoms with Crippen LogP contribution in [0.4, 0.5) is 10.5 Å². The van der Waals surface area contributed by atoms with Crippen LogP contribution in [0.15, 0.2) is 53.0 Å². The number of rotatable bonds is 8. The van der Waals surface area contributed by atoms with Gasteiger partial charge in [-0.1, -0.05) is 40.2 Å². The molecule has 0 bridgehead atoms. The zero-order chi connectivity index (χ0) is 20.8. The summed E-state index contributed by atoms with van der Waals surface area (Å²) in [5, 5.41) is 8.35. The number of carbonyl (C=O) groups is 3. The fourth-order valence-corrected chi connectivity index (χ4v) is 3.37. The maximum absolute atomic E-state index is 12.4. The number of primary amides is 1. The molecule has 4 amide bonds. The summed E-state index contributed by atoms with van der Waals surface area (Å²) in [7, 11) is 0. The van der Waals surface area contributed by atoms with E-state index in [1.165, 1.54) is 0 Å². The Morgan fingerprint density at radius 2 is 1.86 bits per heavy atom. The maximum Gasteiger partial charge on any atom is 0.312 e. The van der Waals surface area contributed by atoms with Crippen LogP contribution >= 0.6 is 15.9 Å². The van der Waals surface area contributed by atoms with Gasteiger partial charge >= 0.3 is 6.03 Å². The Kier molecular flexibility index (Phi) is 6.87. The van der Waals surface area contributed by atoms with E-state index in [4.69, 9.17) is 5.73 Å². The number of hydrogen-bond donors (Lipinski definition) is 4. The first kappa shape index (κ1) is 20.9. The fourth-order valence-electron chi connectivity index (χ4n) is 2.95. The quantitative estimate of drug-likeness (QED) is 0.486. The zero-order valence-corrected chi connectivity index (χ0v) is 17.4. The number of nitrogens with two attached hydrogens (primary N) is 1. The van der Waals surface area contributed by atoms with Crippen molar-refractivity contribution in [3.05, 3.63) is 64.1 Å². The molecule has 1 fully saturated rings. The van der Waals surface area contributed by atoms with E-state index in [1.807, 2.05) is 48.5 Å². The SMILES string of the molecule is NC(=O)N[C@H](CC(=O)NCc1cccc(NC(=O)C2CC2)c1)c1cccc(Br)c1. The second kappa shape index (κ2) is 9.56. The number of amides is 4. The number of urea groups is 1. The third kappa shape index (κ3) is 6.60. The van der Waals surface area contributed by atoms with Gasteiger partial charge in [0.05, 0.1) is 12.5 Å². The Hall–Kier alpha value is -2.87. The Morgan fingerprint density at radius 3 is 2.55 bits per heavy atom. The molecule has 0 spiro atoms. The summed E-state index contributed by atoms with van der Waals surface area (Å²) >= 11 is 3.39. The van der Waals surface area contributed by atoms with Crippen molar-refractivity contribution >= 4 is 39.5 Å². The smallest absolute Gasteiger partial charge is 0.312 e. The zero-order valence-electron chi connectivity index (χ0n) is 15.8. The van der Waals surface area contributed by atoms with Crippen LogP contribution < -0.4 is 21.7 Å². The van der Waals surface area contributed by atoms with Crippen molar-refractivity contribution in [1.82, 2.24) is 10.6 Å². The van der Waals surface area contributed by atoms with Gasteiger partial charge in [-0.3, -0.25) is 9.59 Å². The van der Waals surface area contributed by atoms with Gasteiger partial charge < -0.3 is 21.7 Å². The van der Waals surface area contributed by atoms with Crippen LogP contribution in [0.25, 0.3) is 0 Å². The molecule has 29 heavy (non-hydrogen) atoms. The predicted octanol–water partition coefficient (Wildman–Crippen LogP) is 3.21. The number of carbonyl (C=O) groups excluding carboxylic acids is 3. The molecule has 3 rings (SSSR count). The van der Waals surface area contributed by atoms with E-state index in [-0.39, 0.29) is 24.2 Å². The highest BCUT2D eigenvalue weighted by Crippen LogP contribution is 2.30. The standard InChI is InChI=1S/C21H23BrN4O3/c22-16-5-2-4-15(10-16)18(26-21(23)29)11-19(27)24-12-13-3-1-6-17(9-13)25-20(28)14-7-8-14/h1-6,9-10,14,18H,7-8,11-12H2,(H,24,27)(H,25,28)(H3,23,26,29)/t18-/m1/s1. The largest absolute Gasteiger partial charge is 0.352 e. The monoisotopic (exact) mass is 458 g/mol. The molecule has 2 aromatic carbocycles. The average molecular weight is 459 g/mol. The molecule has 0 heterocycles. The lowest BCUT2D eigenvalue weighted by molar-refractivity contribution is -0.121. The molecular weight excluding hydrogens is 436 g/mol. The molecule has 1 saturated carbocycles. The van der Waals surface area contributed by atoms with Gasteiger partial charge in [-0.2, -0.15) is 0 Å². The normalized spacial score (nSPS) is 14.0. The molecule has 7 nitrogen and oxygen atoms in total. The van der Waals surface area contributed by atoms with E-state index in [9.17, 15) is 14.4 Å². The minimum Gasteiger partial charge on any atom is -0.352 e. The molecule has 1 aliphatic carbocycles. The molecule has 0 saturated heterocycles. The van der Waals surface area contributed by atoms with Crippen molar-refractivity contribution in [3.63, 3.8) is 0 Å². The van der Waals surface area contributed by atoms with Gasteiger partial charge in [-0.05, 0) is 48.2 Å². The van der Waals surface area contributed by atoms with Crippen LogP contribution in [0.2, 0.25) is 0 Å². The molecule has 8 heteroatoms. The fraction of sp³-hybridized carbons (Fsp3) is 0.286. The summed E-state index contributed by atoms with van der Waals surface area (Å²) in [6, 6.07) is 13.5. The molecule has 5 N–H and O–H groups in total. The third-order valence-corrected chi connectivity index (χ3v) is 5.08. The molecule has 2 aromatic rings. The van der Waals surface area contributed by atoms with Crippen molar-refractivity contribution in [3.8, 4) is 0 Å². The first-order valence-corrected chi connectivity index (χ1v) is 10.2. The molecule has 0 aliphatic heterocycles. The maximum atomic E-state index is 12.4. The summed E-state index contributed by atoms with van der Waals surface area (Å²) in [6.45, 7) is 0.313. The molecule has 1 aliphatic rings. The second-order valence-electron chi connectivity index (χ2n) is 7.06. The van der Waals surface area contributed by atoms with E-state index in [0.717, 1.165) is 34.1 Å². The molecule has 152 valence electrons. The van der Waals surface area contributed by atoms with Crippen LogP contribution in [0.1, 0.15) is 36.4 Å². The van der Waals surface area contributed by atoms with Crippen LogP contribution in [0, 0.1) is 5.92 Å². The van der Waals surface area contributed by atoms with Crippen molar-refractivity contribution in [2.24, 2.45) is 11.7 Å². The number of benzene rings is 2. The summed E-state index contributed by atoms with van der Waals surface area (Å²) in [5.74, 6) is -0.0530. The number of anilines is 1. The highest BCUT2D eigenvalue weighted by molar-refractivity contribution is 9.10. The number of halogens is 1. The minimum absolute atomic E-state index is 0.0422. The summed E-state index contributed by atoms with van der Waals surface area (Å²) in [4.78, 5) is 35.7. The van der Waals surface area contributed by atoms with E-state index >= 15 is 0 Å². The van der Waals surface area contributed by atoms with Crippen LogP contribution in [-0.4, -0.2) is 17.8 Å². The van der Waals surface area contributed by atoms with Gasteiger partial charge in [0.1, 0.15) is 0 Å². The lowest BCUT2D eigenvalue weighted by Crippen LogP contribution is -2.36. The first-order valence-electron chi connectivity index (χ1n) is 9.38. The first-order chi connectivity index (χ1) is 13.9. The van der Waals surface area contributed by atoms with E-state index in [2.05, 4.69) is 31.9 Å². The van der Waals surface area contributed by atoms with E-state index in [1.54, 1.807) is 0 Å². The average Bonchev–Trinajstić information content (AvgIpc) is 3.51. The van der Waals surface area contributed by atoms with Gasteiger partial charge in [0, 0.05) is 22.6 Å². The van der Waals surface area contributed by atoms with Gasteiger partial charge in [-0.15, -0.1) is 0 Å². The summed E-state index contributed by atoms with van der Waals surface area (Å²) in [5.41, 5.74) is 7.63. The Bertz CT molecular complexity index is 914. The molecule has 0 radical (unpaired) electrons. The molecular formula is C21H23BrN4O3. The summed E-state index contributed by atoms with van der Waals surface area (Å²) < 4.78 is 0.844. The number of nitrogens with one attached hydrogen (secondary N) is 3. The molecule has 0 unspecified atom stereocenters. The highest BCUT2D eigenvalue weighted by atomic mass is 79.9. The second-order valence-corrected chi connectivity index (χ2v) is 7.98. The topological polar surface area (TPSA) is 113 Å². The lowest BCUT2D eigenvalue weighted by Gasteiger charge is -2.18. The Labute approximate surface area is 177 Å². The number of hydrogen-bond acceptors (Lipinski definition) is 3. The van der Waals surface area contributed by atoms with E-state index in [0.29, 0.717) is 6.54 Å². The van der Waals surface area contributed by atoms with Crippen molar-refractivity contribution in [2.75, 3.05) is 5.32 Å². The highest BCUT2D eigenvalue weighted by Gasteiger charge is 2.29. The van der Waals surface area contributed by atoms with Gasteiger partial charge in [0.2, 0.25) is 11.8 Å². The predicted molar refractivity (Wildman–Crippen MR) is 114 cm³/mol. The molecule has 0 aromatic heterocycles. The van der Waals surface area contributed by atoms with Crippen LogP contribution in [0.3, 0.4) is 0 Å². The minimum atomic E-state index is -0.693. The Morgan fingerprint density at radius 1 is 1.10 bits per heavy atom. The van der Waals surface area contributed by atoms with Crippen molar-refractivity contribution < 1.29 is 14.4 Å². The van der Waals surface area contributed by atoms with Crippen LogP contribution in [0.5, 0.6) is 0 Å². The lowest BCUT2D eigenvalue weighted by atomic mass is 10.0. The van der Waals surface area contributed by atoms with Crippen molar-refractivity contribution in [2.45, 2.75) is 31.8 Å². The van der Waals surface area contributed by atoms with E-state index < -0.39 is 12.1 Å². The van der Waals surface area contributed by atoms with Crippen LogP contribution in [-0.2, 0) is 16.1 Å². The molecule has 1 atom stereocenters. The van der Waals surface area contributed by atoms with Crippen molar-refractivity contribution in [1.29, 1.82) is 0 Å². The van der Waals surface area contributed by atoms with Gasteiger partial charge in [0.15, 0.2) is 0 Å². The summed E-state index contributed by atoms with van der Waals surface area (Å²) in [6.07, 6.45) is 1.94. The van der Waals surface area contributed by atoms with Gasteiger partial charge in [-0.25, -0.2) is 4.79 Å². The third-order valence-electron chi connectivity index (χ3n) is 4.59. The Balaban J connectivity index is 1.57. The van der Waals surface area contributed by atoms with Gasteiger partial charge in [0.25, 0.3) is 0 Å².